The van der Waals surface area contributed by atoms with Gasteiger partial charge in [-0.2, -0.15) is 0 Å². The third-order valence-electron chi connectivity index (χ3n) is 1.03. The number of aromatic nitrogens is 1. The van der Waals surface area contributed by atoms with Gasteiger partial charge in [-0.15, -0.1) is 11.3 Å². The average Bonchev–Trinajstić information content (AvgIpc) is 2.31. The maximum Gasteiger partial charge on any atom is 0.210 e. The van der Waals surface area contributed by atoms with Gasteiger partial charge in [0.2, 0.25) is 6.54 Å². The van der Waals surface area contributed by atoms with Gasteiger partial charge < -0.3 is 0 Å². The van der Waals surface area contributed by atoms with Crippen LogP contribution in [-0.4, -0.2) is 16.5 Å². The zero-order valence-electron chi connectivity index (χ0n) is 5.49. The van der Waals surface area contributed by atoms with E-state index in [9.17, 15) is 10.1 Å². The van der Waals surface area contributed by atoms with Crippen molar-refractivity contribution in [3.63, 3.8) is 0 Å². The predicted molar refractivity (Wildman–Crippen MR) is 45.4 cm³/mol. The summed E-state index contributed by atoms with van der Waals surface area (Å²) in [6.07, 6.45) is 2.07. The van der Waals surface area contributed by atoms with Gasteiger partial charge in [0.1, 0.15) is 5.01 Å². The second-order valence-corrected chi connectivity index (χ2v) is 4.36. The van der Waals surface area contributed by atoms with Crippen LogP contribution < -0.4 is 0 Å². The van der Waals surface area contributed by atoms with E-state index < -0.39 is 0 Å². The highest BCUT2D eigenvalue weighted by atomic mass is 79.9. The fraction of sp³-hybridized carbons (Fsp3) is 0.400. The monoisotopic (exact) mass is 236 g/mol. The summed E-state index contributed by atoms with van der Waals surface area (Å²) in [4.78, 5) is 13.6. The maximum atomic E-state index is 9.95. The summed E-state index contributed by atoms with van der Waals surface area (Å²) < 4.78 is 0.913. The Morgan fingerprint density at radius 3 is 3.00 bits per heavy atom. The molecule has 60 valence electrons. The SMILES string of the molecule is O=[N+]([O-])CCc1ncc(Br)s1. The summed E-state index contributed by atoms with van der Waals surface area (Å²) in [7, 11) is 0. The number of rotatable bonds is 3. The van der Waals surface area contributed by atoms with Crippen molar-refractivity contribution in [3.05, 3.63) is 25.1 Å². The molecule has 11 heavy (non-hydrogen) atoms. The molecule has 1 aromatic rings. The Morgan fingerprint density at radius 2 is 2.55 bits per heavy atom. The number of halogens is 1. The van der Waals surface area contributed by atoms with E-state index in [4.69, 9.17) is 0 Å². The van der Waals surface area contributed by atoms with Gasteiger partial charge in [-0.05, 0) is 15.9 Å². The first-order chi connectivity index (χ1) is 5.18. The molecule has 1 rings (SSSR count). The smallest absolute Gasteiger partial charge is 0.210 e. The highest BCUT2D eigenvalue weighted by Crippen LogP contribution is 2.18. The quantitative estimate of drug-likeness (QED) is 0.594. The molecule has 0 aliphatic rings. The number of hydrogen-bond acceptors (Lipinski definition) is 4. The van der Waals surface area contributed by atoms with E-state index >= 15 is 0 Å². The Kier molecular flexibility index (Phi) is 2.95. The van der Waals surface area contributed by atoms with E-state index in [-0.39, 0.29) is 11.5 Å². The molecule has 0 fully saturated rings. The number of nitro groups is 1. The summed E-state index contributed by atoms with van der Waals surface area (Å²) in [6.45, 7) is -0.0417. The Labute approximate surface area is 75.5 Å². The Hall–Kier alpha value is -0.490. The molecule has 6 heteroatoms. The van der Waals surface area contributed by atoms with Gasteiger partial charge in [0.15, 0.2) is 0 Å². The van der Waals surface area contributed by atoms with Crippen molar-refractivity contribution in [2.24, 2.45) is 0 Å². The van der Waals surface area contributed by atoms with E-state index in [1.54, 1.807) is 6.20 Å². The first-order valence-electron chi connectivity index (χ1n) is 2.90. The second kappa shape index (κ2) is 3.77. The van der Waals surface area contributed by atoms with E-state index in [2.05, 4.69) is 20.9 Å². The minimum absolute atomic E-state index is 0.0417. The predicted octanol–water partition coefficient (Wildman–Crippen LogP) is 1.72. The van der Waals surface area contributed by atoms with Crippen molar-refractivity contribution in [2.45, 2.75) is 6.42 Å². The fourth-order valence-corrected chi connectivity index (χ4v) is 1.88. The first kappa shape index (κ1) is 8.61. The van der Waals surface area contributed by atoms with Crippen LogP contribution in [0, 0.1) is 10.1 Å². The van der Waals surface area contributed by atoms with Crippen LogP contribution in [0.3, 0.4) is 0 Å². The molecule has 0 bridgehead atoms. The van der Waals surface area contributed by atoms with Crippen molar-refractivity contribution in [2.75, 3.05) is 6.54 Å². The van der Waals surface area contributed by atoms with Crippen LogP contribution in [0.1, 0.15) is 5.01 Å². The van der Waals surface area contributed by atoms with Crippen molar-refractivity contribution in [1.29, 1.82) is 0 Å². The summed E-state index contributed by atoms with van der Waals surface area (Å²) in [6, 6.07) is 0. The molecule has 4 nitrogen and oxygen atoms in total. The number of thiazole rings is 1. The Balaban J connectivity index is 2.45. The third-order valence-corrected chi connectivity index (χ3v) is 2.57. The van der Waals surface area contributed by atoms with E-state index in [1.165, 1.54) is 11.3 Å². The molecule has 0 amide bonds. The average molecular weight is 237 g/mol. The molecule has 0 aliphatic heterocycles. The van der Waals surface area contributed by atoms with Crippen LogP contribution in [-0.2, 0) is 6.42 Å². The molecule has 0 unspecified atom stereocenters. The number of hydrogen-bond donors (Lipinski definition) is 0. The molecule has 0 saturated heterocycles. The molecule has 0 saturated carbocycles. The summed E-state index contributed by atoms with van der Waals surface area (Å²) in [5.74, 6) is 0. The fourth-order valence-electron chi connectivity index (χ4n) is 0.591. The van der Waals surface area contributed by atoms with Crippen molar-refractivity contribution >= 4 is 27.3 Å². The van der Waals surface area contributed by atoms with Crippen molar-refractivity contribution < 1.29 is 4.92 Å². The van der Waals surface area contributed by atoms with Crippen LogP contribution in [0.15, 0.2) is 9.98 Å². The minimum atomic E-state index is -0.338. The molecule has 0 radical (unpaired) electrons. The van der Waals surface area contributed by atoms with Crippen LogP contribution in [0.5, 0.6) is 0 Å². The molecule has 0 aliphatic carbocycles. The van der Waals surface area contributed by atoms with E-state index in [0.29, 0.717) is 6.42 Å². The van der Waals surface area contributed by atoms with Gasteiger partial charge in [0.25, 0.3) is 0 Å². The van der Waals surface area contributed by atoms with Gasteiger partial charge in [0, 0.05) is 4.92 Å². The molecule has 0 aromatic carbocycles. The lowest BCUT2D eigenvalue weighted by molar-refractivity contribution is -0.479. The lowest BCUT2D eigenvalue weighted by Crippen LogP contribution is -2.03. The largest absolute Gasteiger partial charge is 0.265 e. The van der Waals surface area contributed by atoms with Gasteiger partial charge in [-0.3, -0.25) is 10.1 Å². The number of nitrogens with zero attached hydrogens (tertiary/aromatic N) is 2. The highest BCUT2D eigenvalue weighted by molar-refractivity contribution is 9.11. The van der Waals surface area contributed by atoms with Crippen LogP contribution >= 0.6 is 27.3 Å². The zero-order chi connectivity index (χ0) is 8.27. The topological polar surface area (TPSA) is 56.0 Å². The molecule has 1 heterocycles. The second-order valence-electron chi connectivity index (χ2n) is 1.86. The highest BCUT2D eigenvalue weighted by Gasteiger charge is 2.03. The molecule has 0 spiro atoms. The third kappa shape index (κ3) is 2.94. The van der Waals surface area contributed by atoms with Crippen LogP contribution in [0.4, 0.5) is 0 Å². The lowest BCUT2D eigenvalue weighted by atomic mass is 10.5. The standard InChI is InChI=1S/C5H5BrN2O2S/c6-4-3-7-5(11-4)1-2-8(9)10/h3H,1-2H2. The van der Waals surface area contributed by atoms with E-state index in [0.717, 1.165) is 8.79 Å². The molecule has 0 N–H and O–H groups in total. The van der Waals surface area contributed by atoms with Crippen molar-refractivity contribution in [3.8, 4) is 0 Å². The summed E-state index contributed by atoms with van der Waals surface area (Å²) in [5, 5.41) is 10.7. The summed E-state index contributed by atoms with van der Waals surface area (Å²) in [5.41, 5.74) is 0. The van der Waals surface area contributed by atoms with Gasteiger partial charge in [0.05, 0.1) is 16.4 Å². The van der Waals surface area contributed by atoms with Crippen LogP contribution in [0.2, 0.25) is 0 Å². The Bertz CT molecular complexity index is 263. The van der Waals surface area contributed by atoms with Crippen LogP contribution in [0.25, 0.3) is 0 Å². The Morgan fingerprint density at radius 1 is 1.82 bits per heavy atom. The lowest BCUT2D eigenvalue weighted by Gasteiger charge is -1.87. The zero-order valence-corrected chi connectivity index (χ0v) is 7.89. The summed E-state index contributed by atoms with van der Waals surface area (Å²) >= 11 is 4.66. The molecule has 1 aromatic heterocycles. The van der Waals surface area contributed by atoms with E-state index in [1.807, 2.05) is 0 Å². The maximum absolute atomic E-state index is 9.95. The van der Waals surface area contributed by atoms with Gasteiger partial charge in [-0.1, -0.05) is 0 Å². The molecular formula is C5H5BrN2O2S. The molecular weight excluding hydrogens is 232 g/mol. The molecule has 0 atom stereocenters. The van der Waals surface area contributed by atoms with Gasteiger partial charge >= 0.3 is 0 Å². The normalized spacial score (nSPS) is 9.91. The minimum Gasteiger partial charge on any atom is -0.265 e. The van der Waals surface area contributed by atoms with Crippen molar-refractivity contribution in [1.82, 2.24) is 4.98 Å². The van der Waals surface area contributed by atoms with Gasteiger partial charge in [-0.25, -0.2) is 4.98 Å². The first-order valence-corrected chi connectivity index (χ1v) is 4.51.